The van der Waals surface area contributed by atoms with E-state index in [4.69, 9.17) is 15.6 Å². The standard InChI is InChI=1S/C28H33FN6O3Si/c1-39(2,3)13-12-38-17-35-27(19-4-5-19)25(26(33-35)18-6-9-21(29)10-7-18)20-8-11-24-31-14-22(34(24)16-20)28(37)32-15-23(30)36/h6-11,14,16,19H,4-5,12-13,15,17H2,1-3H3,(H2,30,36)(H,32,37). The van der Waals surface area contributed by atoms with E-state index >= 15 is 0 Å². The first kappa shape index (κ1) is 26.8. The highest BCUT2D eigenvalue weighted by Crippen LogP contribution is 2.47. The number of halogens is 1. The molecule has 4 aromatic rings. The molecule has 3 aromatic heterocycles. The van der Waals surface area contributed by atoms with E-state index in [0.717, 1.165) is 47.0 Å². The summed E-state index contributed by atoms with van der Waals surface area (Å²) in [5.41, 5.74) is 10.4. The third kappa shape index (κ3) is 6.09. The van der Waals surface area contributed by atoms with Gasteiger partial charge in [-0.3, -0.25) is 14.0 Å². The third-order valence-corrected chi connectivity index (χ3v) is 8.44. The highest BCUT2D eigenvalue weighted by Gasteiger charge is 2.34. The van der Waals surface area contributed by atoms with Gasteiger partial charge in [-0.25, -0.2) is 14.1 Å². The molecule has 1 saturated carbocycles. The van der Waals surface area contributed by atoms with Gasteiger partial charge in [0.05, 0.1) is 18.4 Å². The molecular weight excluding hydrogens is 515 g/mol. The van der Waals surface area contributed by atoms with Gasteiger partial charge in [0.1, 0.15) is 29.6 Å². The van der Waals surface area contributed by atoms with Gasteiger partial charge in [0.25, 0.3) is 5.91 Å². The number of carbonyl (C=O) groups is 2. The first-order chi connectivity index (χ1) is 18.6. The summed E-state index contributed by atoms with van der Waals surface area (Å²) in [6.45, 7) is 7.69. The molecule has 0 bridgehead atoms. The van der Waals surface area contributed by atoms with Crippen LogP contribution in [0.4, 0.5) is 4.39 Å². The van der Waals surface area contributed by atoms with Gasteiger partial charge in [-0.15, -0.1) is 0 Å². The van der Waals surface area contributed by atoms with Crippen molar-refractivity contribution in [2.24, 2.45) is 5.73 Å². The van der Waals surface area contributed by atoms with Crippen LogP contribution in [0, 0.1) is 5.82 Å². The van der Waals surface area contributed by atoms with E-state index in [1.807, 2.05) is 23.0 Å². The quantitative estimate of drug-likeness (QED) is 0.213. The zero-order valence-electron chi connectivity index (χ0n) is 22.4. The largest absolute Gasteiger partial charge is 0.368 e. The van der Waals surface area contributed by atoms with Crippen molar-refractivity contribution < 1.29 is 18.7 Å². The maximum atomic E-state index is 13.8. The van der Waals surface area contributed by atoms with Gasteiger partial charge >= 0.3 is 0 Å². The minimum absolute atomic E-state index is 0.267. The number of imidazole rings is 1. The SMILES string of the molecule is C[Si](C)(C)CCOCn1nc(-c2ccc(F)cc2)c(-c2ccc3ncc(C(=O)NCC(N)=O)n3c2)c1C1CC1. The van der Waals surface area contributed by atoms with E-state index in [1.54, 1.807) is 16.5 Å². The van der Waals surface area contributed by atoms with Crippen LogP contribution in [0.5, 0.6) is 0 Å². The predicted molar refractivity (Wildman–Crippen MR) is 149 cm³/mol. The fraction of sp³-hybridized carbons (Fsp3) is 0.357. The number of primary amides is 1. The van der Waals surface area contributed by atoms with Crippen LogP contribution in [-0.2, 0) is 16.3 Å². The molecule has 9 nitrogen and oxygen atoms in total. The Bertz CT molecular complexity index is 1520. The number of hydrogen-bond acceptors (Lipinski definition) is 5. The molecule has 0 atom stereocenters. The van der Waals surface area contributed by atoms with E-state index < -0.39 is 19.9 Å². The number of nitrogens with zero attached hydrogens (tertiary/aromatic N) is 4. The number of pyridine rings is 1. The minimum atomic E-state index is -1.24. The molecule has 3 heterocycles. The van der Waals surface area contributed by atoms with E-state index in [1.165, 1.54) is 18.3 Å². The second-order valence-corrected chi connectivity index (χ2v) is 16.8. The van der Waals surface area contributed by atoms with Crippen LogP contribution >= 0.6 is 0 Å². The van der Waals surface area contributed by atoms with E-state index in [0.29, 0.717) is 24.9 Å². The van der Waals surface area contributed by atoms with Crippen molar-refractivity contribution in [2.45, 2.75) is 51.2 Å². The fourth-order valence-electron chi connectivity index (χ4n) is 4.52. The Morgan fingerprint density at radius 1 is 1.13 bits per heavy atom. The molecule has 11 heteroatoms. The van der Waals surface area contributed by atoms with Crippen molar-refractivity contribution >= 4 is 25.5 Å². The Balaban J connectivity index is 1.59. The molecule has 204 valence electrons. The molecular formula is C28H33FN6O3Si. The number of ether oxygens (including phenoxy) is 1. The number of benzene rings is 1. The van der Waals surface area contributed by atoms with Gasteiger partial charge in [-0.2, -0.15) is 5.10 Å². The minimum Gasteiger partial charge on any atom is -0.368 e. The number of amides is 2. The number of hydrogen-bond donors (Lipinski definition) is 2. The summed E-state index contributed by atoms with van der Waals surface area (Å²) in [5, 5.41) is 7.50. The van der Waals surface area contributed by atoms with Crippen LogP contribution in [0.15, 0.2) is 48.8 Å². The van der Waals surface area contributed by atoms with Gasteiger partial charge in [0.2, 0.25) is 5.91 Å². The third-order valence-electron chi connectivity index (χ3n) is 6.73. The van der Waals surface area contributed by atoms with Crippen LogP contribution in [0.25, 0.3) is 28.0 Å². The van der Waals surface area contributed by atoms with Crippen molar-refractivity contribution in [2.75, 3.05) is 13.2 Å². The number of rotatable bonds is 11. The Hall–Kier alpha value is -3.83. The first-order valence-electron chi connectivity index (χ1n) is 13.1. The molecule has 1 aliphatic carbocycles. The number of aromatic nitrogens is 4. The lowest BCUT2D eigenvalue weighted by molar-refractivity contribution is -0.117. The topological polar surface area (TPSA) is 117 Å². The number of nitrogens with one attached hydrogen (secondary N) is 1. The maximum Gasteiger partial charge on any atom is 0.270 e. The van der Waals surface area contributed by atoms with Gasteiger partial charge < -0.3 is 15.8 Å². The van der Waals surface area contributed by atoms with Gasteiger partial charge in [-0.05, 0) is 55.3 Å². The molecule has 1 aliphatic rings. The highest BCUT2D eigenvalue weighted by atomic mass is 28.3. The Morgan fingerprint density at radius 2 is 1.85 bits per heavy atom. The Labute approximate surface area is 227 Å². The number of fused-ring (bicyclic) bond motifs is 1. The van der Waals surface area contributed by atoms with Crippen molar-refractivity contribution in [1.82, 2.24) is 24.5 Å². The molecule has 0 aliphatic heterocycles. The molecule has 1 fully saturated rings. The van der Waals surface area contributed by atoms with Gasteiger partial charge in [0.15, 0.2) is 0 Å². The average Bonchev–Trinajstić information content (AvgIpc) is 3.52. The van der Waals surface area contributed by atoms with E-state index in [-0.39, 0.29) is 18.1 Å². The molecule has 1 aromatic carbocycles. The Morgan fingerprint density at radius 3 is 2.51 bits per heavy atom. The monoisotopic (exact) mass is 548 g/mol. The molecule has 3 N–H and O–H groups in total. The van der Waals surface area contributed by atoms with Gasteiger partial charge in [-0.1, -0.05) is 19.6 Å². The van der Waals surface area contributed by atoms with Crippen molar-refractivity contribution in [3.63, 3.8) is 0 Å². The number of carbonyl (C=O) groups excluding carboxylic acids is 2. The smallest absolute Gasteiger partial charge is 0.270 e. The lowest BCUT2D eigenvalue weighted by Crippen LogP contribution is -2.33. The average molecular weight is 549 g/mol. The summed E-state index contributed by atoms with van der Waals surface area (Å²) in [7, 11) is -1.24. The summed E-state index contributed by atoms with van der Waals surface area (Å²) in [6, 6.07) is 11.2. The van der Waals surface area contributed by atoms with Crippen LogP contribution in [0.3, 0.4) is 0 Å². The summed E-state index contributed by atoms with van der Waals surface area (Å²) in [5.74, 6) is -1.07. The second-order valence-electron chi connectivity index (χ2n) is 11.2. The predicted octanol–water partition coefficient (Wildman–Crippen LogP) is 4.41. The summed E-state index contributed by atoms with van der Waals surface area (Å²) < 4.78 is 23.5. The zero-order chi connectivity index (χ0) is 27.7. The van der Waals surface area contributed by atoms with Crippen molar-refractivity contribution in [1.29, 1.82) is 0 Å². The molecule has 0 spiro atoms. The Kier molecular flexibility index (Phi) is 7.37. The molecule has 5 rings (SSSR count). The molecule has 0 radical (unpaired) electrons. The number of nitrogens with two attached hydrogens (primary N) is 1. The van der Waals surface area contributed by atoms with E-state index in [9.17, 15) is 14.0 Å². The summed E-state index contributed by atoms with van der Waals surface area (Å²) >= 11 is 0. The van der Waals surface area contributed by atoms with Crippen LogP contribution in [0.2, 0.25) is 25.7 Å². The van der Waals surface area contributed by atoms with Crippen LogP contribution < -0.4 is 11.1 Å². The molecule has 0 unspecified atom stereocenters. The van der Waals surface area contributed by atoms with Gasteiger partial charge in [0, 0.05) is 43.5 Å². The molecule has 0 saturated heterocycles. The fourth-order valence-corrected chi connectivity index (χ4v) is 5.28. The summed E-state index contributed by atoms with van der Waals surface area (Å²) in [6.07, 6.45) is 5.41. The normalized spacial score (nSPS) is 13.6. The highest BCUT2D eigenvalue weighted by molar-refractivity contribution is 6.76. The van der Waals surface area contributed by atoms with Crippen molar-refractivity contribution in [3.8, 4) is 22.4 Å². The van der Waals surface area contributed by atoms with Crippen LogP contribution in [0.1, 0.15) is 34.9 Å². The van der Waals surface area contributed by atoms with E-state index in [2.05, 4.69) is 29.9 Å². The first-order valence-corrected chi connectivity index (χ1v) is 16.8. The molecule has 2 amide bonds. The van der Waals surface area contributed by atoms with Crippen molar-refractivity contribution in [3.05, 3.63) is 66.0 Å². The molecule has 39 heavy (non-hydrogen) atoms. The second kappa shape index (κ2) is 10.7. The zero-order valence-corrected chi connectivity index (χ0v) is 23.4. The summed E-state index contributed by atoms with van der Waals surface area (Å²) in [4.78, 5) is 28.3. The maximum absolute atomic E-state index is 13.8. The lowest BCUT2D eigenvalue weighted by Gasteiger charge is -2.16. The lowest BCUT2D eigenvalue weighted by atomic mass is 9.98. The van der Waals surface area contributed by atoms with Crippen LogP contribution in [-0.4, -0.2) is 52.2 Å².